The Labute approximate surface area is 187 Å². The van der Waals surface area contributed by atoms with Crippen LogP contribution < -0.4 is 10.2 Å². The number of H-pyrrole nitrogens is 1. The minimum Gasteiger partial charge on any atom is -0.356 e. The first-order valence-electron chi connectivity index (χ1n) is 11.5. The number of aromatic nitrogens is 5. The predicted molar refractivity (Wildman–Crippen MR) is 122 cm³/mol. The molecule has 0 radical (unpaired) electrons. The molecule has 5 rings (SSSR count). The molecular formula is C24H29N7O. The van der Waals surface area contributed by atoms with Crippen LogP contribution in [0.3, 0.4) is 0 Å². The molecule has 1 saturated heterocycles. The highest BCUT2D eigenvalue weighted by molar-refractivity contribution is 5.79. The van der Waals surface area contributed by atoms with Crippen molar-refractivity contribution in [2.75, 3.05) is 24.5 Å². The second-order valence-corrected chi connectivity index (χ2v) is 8.66. The summed E-state index contributed by atoms with van der Waals surface area (Å²) in [6.07, 6.45) is 5.52. The van der Waals surface area contributed by atoms with Crippen molar-refractivity contribution >= 4 is 11.7 Å². The first-order valence-corrected chi connectivity index (χ1v) is 11.5. The van der Waals surface area contributed by atoms with Crippen LogP contribution in [0.5, 0.6) is 0 Å². The first-order chi connectivity index (χ1) is 15.7. The highest BCUT2D eigenvalue weighted by Gasteiger charge is 2.29. The van der Waals surface area contributed by atoms with Gasteiger partial charge in [-0.25, -0.2) is 15.0 Å². The van der Waals surface area contributed by atoms with Crippen molar-refractivity contribution in [2.24, 2.45) is 5.92 Å². The van der Waals surface area contributed by atoms with Crippen molar-refractivity contribution in [1.82, 2.24) is 30.5 Å². The zero-order valence-corrected chi connectivity index (χ0v) is 18.5. The smallest absolute Gasteiger partial charge is 0.223 e. The van der Waals surface area contributed by atoms with E-state index >= 15 is 0 Å². The van der Waals surface area contributed by atoms with Gasteiger partial charge in [0, 0.05) is 48.8 Å². The van der Waals surface area contributed by atoms with Gasteiger partial charge in [-0.05, 0) is 39.0 Å². The molecule has 8 nitrogen and oxygen atoms in total. The number of anilines is 1. The number of carbonyl (C=O) groups is 1. The lowest BCUT2D eigenvalue weighted by Gasteiger charge is -2.33. The van der Waals surface area contributed by atoms with E-state index < -0.39 is 0 Å². The van der Waals surface area contributed by atoms with Crippen LogP contribution in [-0.2, 0) is 24.1 Å². The summed E-state index contributed by atoms with van der Waals surface area (Å²) >= 11 is 0. The number of piperidine rings is 1. The molecule has 2 aromatic heterocycles. The van der Waals surface area contributed by atoms with E-state index in [4.69, 9.17) is 9.97 Å². The van der Waals surface area contributed by atoms with Gasteiger partial charge in [0.1, 0.15) is 11.6 Å². The third-order valence-corrected chi connectivity index (χ3v) is 6.40. The molecule has 2 N–H and O–H groups in total. The zero-order chi connectivity index (χ0) is 21.9. The molecule has 3 heterocycles. The summed E-state index contributed by atoms with van der Waals surface area (Å²) in [4.78, 5) is 29.2. The summed E-state index contributed by atoms with van der Waals surface area (Å²) in [5, 5.41) is 10.0. The Bertz CT molecular complexity index is 1090. The first kappa shape index (κ1) is 20.6. The molecule has 3 aromatic rings. The van der Waals surface area contributed by atoms with E-state index in [1.807, 2.05) is 25.1 Å². The van der Waals surface area contributed by atoms with Crippen LogP contribution >= 0.6 is 0 Å². The summed E-state index contributed by atoms with van der Waals surface area (Å²) in [6, 6.07) is 10.2. The number of aromatic amines is 1. The maximum absolute atomic E-state index is 12.7. The minimum absolute atomic E-state index is 0.0450. The molecule has 8 heteroatoms. The van der Waals surface area contributed by atoms with Crippen molar-refractivity contribution in [2.45, 2.75) is 45.4 Å². The van der Waals surface area contributed by atoms with Crippen LogP contribution in [-0.4, -0.2) is 50.7 Å². The van der Waals surface area contributed by atoms with Crippen molar-refractivity contribution in [3.63, 3.8) is 0 Å². The lowest BCUT2D eigenvalue weighted by atomic mass is 9.95. The van der Waals surface area contributed by atoms with Crippen molar-refractivity contribution < 1.29 is 4.79 Å². The van der Waals surface area contributed by atoms with Crippen molar-refractivity contribution in [3.05, 3.63) is 53.2 Å². The molecule has 0 saturated carbocycles. The summed E-state index contributed by atoms with van der Waals surface area (Å²) in [5.74, 6) is 3.60. The number of nitrogens with one attached hydrogen (secondary N) is 2. The molecule has 1 aliphatic heterocycles. The number of carbonyl (C=O) groups excluding carboxylic acids is 1. The standard InChI is InChI=1S/C24H29N7O/c1-16-26-21(30-29-16)10-13-25-24(32)18-11-14-31(15-12-18)23-19-8-5-9-20(19)27-22(28-23)17-6-3-2-4-7-17/h2-4,6-7,18H,5,8-15H2,1H3,(H,25,32)(H,26,29,30). The van der Waals surface area contributed by atoms with Crippen LogP contribution in [0.15, 0.2) is 30.3 Å². The minimum atomic E-state index is 0.0450. The number of benzene rings is 1. The largest absolute Gasteiger partial charge is 0.356 e. The van der Waals surface area contributed by atoms with Gasteiger partial charge in [0.2, 0.25) is 5.91 Å². The zero-order valence-electron chi connectivity index (χ0n) is 18.5. The number of fused-ring (bicyclic) bond motifs is 1. The van der Waals surface area contributed by atoms with Gasteiger partial charge in [0.25, 0.3) is 0 Å². The van der Waals surface area contributed by atoms with Gasteiger partial charge in [0.15, 0.2) is 11.6 Å². The fourth-order valence-electron chi connectivity index (χ4n) is 4.69. The van der Waals surface area contributed by atoms with Gasteiger partial charge in [-0.2, -0.15) is 5.10 Å². The second kappa shape index (κ2) is 9.06. The maximum atomic E-state index is 12.7. The summed E-state index contributed by atoms with van der Waals surface area (Å²) in [6.45, 7) is 4.13. The van der Waals surface area contributed by atoms with Gasteiger partial charge in [-0.15, -0.1) is 0 Å². The molecule has 2 aliphatic rings. The van der Waals surface area contributed by atoms with Crippen LogP contribution in [0.4, 0.5) is 5.82 Å². The van der Waals surface area contributed by atoms with E-state index in [0.717, 1.165) is 74.0 Å². The molecule has 0 atom stereocenters. The van der Waals surface area contributed by atoms with Gasteiger partial charge >= 0.3 is 0 Å². The monoisotopic (exact) mass is 431 g/mol. The predicted octanol–water partition coefficient (Wildman–Crippen LogP) is 2.63. The van der Waals surface area contributed by atoms with Crippen LogP contribution in [0.25, 0.3) is 11.4 Å². The normalized spacial score (nSPS) is 16.2. The number of aryl methyl sites for hydroxylation is 2. The molecule has 1 aromatic carbocycles. The molecule has 1 aliphatic carbocycles. The maximum Gasteiger partial charge on any atom is 0.223 e. The highest BCUT2D eigenvalue weighted by atomic mass is 16.1. The molecule has 32 heavy (non-hydrogen) atoms. The molecule has 1 fully saturated rings. The number of amides is 1. The Morgan fingerprint density at radius 1 is 1.12 bits per heavy atom. The molecule has 0 unspecified atom stereocenters. The Morgan fingerprint density at radius 2 is 1.94 bits per heavy atom. The Morgan fingerprint density at radius 3 is 2.69 bits per heavy atom. The third-order valence-electron chi connectivity index (χ3n) is 6.40. The Hall–Kier alpha value is -3.29. The average molecular weight is 432 g/mol. The Kier molecular flexibility index (Phi) is 5.83. The molecule has 166 valence electrons. The molecule has 1 amide bonds. The second-order valence-electron chi connectivity index (χ2n) is 8.66. The van der Waals surface area contributed by atoms with Crippen molar-refractivity contribution in [1.29, 1.82) is 0 Å². The van der Waals surface area contributed by atoms with E-state index in [0.29, 0.717) is 13.0 Å². The number of hydrogen-bond donors (Lipinski definition) is 2. The quantitative estimate of drug-likeness (QED) is 0.622. The van der Waals surface area contributed by atoms with E-state index in [9.17, 15) is 4.79 Å². The summed E-state index contributed by atoms with van der Waals surface area (Å²) in [5.41, 5.74) is 3.55. The highest BCUT2D eigenvalue weighted by Crippen LogP contribution is 2.33. The number of rotatable bonds is 6. The molecule has 0 spiro atoms. The topological polar surface area (TPSA) is 99.7 Å². The third kappa shape index (κ3) is 4.35. The van der Waals surface area contributed by atoms with E-state index in [-0.39, 0.29) is 11.8 Å². The van der Waals surface area contributed by atoms with Crippen molar-refractivity contribution in [3.8, 4) is 11.4 Å². The van der Waals surface area contributed by atoms with Gasteiger partial charge in [0.05, 0.1) is 0 Å². The summed E-state index contributed by atoms with van der Waals surface area (Å²) in [7, 11) is 0. The van der Waals surface area contributed by atoms with Gasteiger partial charge < -0.3 is 10.2 Å². The SMILES string of the molecule is Cc1nc(CCNC(=O)C2CCN(c3nc(-c4ccccc4)nc4c3CCC4)CC2)n[nH]1. The van der Waals surface area contributed by atoms with Crippen LogP contribution in [0.2, 0.25) is 0 Å². The Balaban J connectivity index is 1.22. The number of hydrogen-bond acceptors (Lipinski definition) is 6. The molecule has 0 bridgehead atoms. The average Bonchev–Trinajstić information content (AvgIpc) is 3.48. The summed E-state index contributed by atoms with van der Waals surface area (Å²) < 4.78 is 0. The fourth-order valence-corrected chi connectivity index (χ4v) is 4.69. The van der Waals surface area contributed by atoms with Crippen LogP contribution in [0, 0.1) is 12.8 Å². The van der Waals surface area contributed by atoms with E-state index in [1.165, 1.54) is 11.3 Å². The fraction of sp³-hybridized carbons (Fsp3) is 0.458. The van der Waals surface area contributed by atoms with Gasteiger partial charge in [-0.1, -0.05) is 30.3 Å². The van der Waals surface area contributed by atoms with Gasteiger partial charge in [-0.3, -0.25) is 9.89 Å². The van der Waals surface area contributed by atoms with E-state index in [1.54, 1.807) is 0 Å². The van der Waals surface area contributed by atoms with E-state index in [2.05, 4.69) is 37.5 Å². The van der Waals surface area contributed by atoms with Crippen LogP contribution in [0.1, 0.15) is 42.2 Å². The lowest BCUT2D eigenvalue weighted by Crippen LogP contribution is -2.41. The molecular weight excluding hydrogens is 402 g/mol. The number of nitrogens with zero attached hydrogens (tertiary/aromatic N) is 5. The lowest BCUT2D eigenvalue weighted by molar-refractivity contribution is -0.125.